The van der Waals surface area contributed by atoms with Gasteiger partial charge in [0.1, 0.15) is 24.4 Å². The van der Waals surface area contributed by atoms with E-state index in [4.69, 9.17) is 9.47 Å². The van der Waals surface area contributed by atoms with E-state index in [0.29, 0.717) is 54.9 Å². The van der Waals surface area contributed by atoms with Crippen LogP contribution in [0.2, 0.25) is 0 Å². The average Bonchev–Trinajstić information content (AvgIpc) is 3.58. The molecule has 6 fully saturated rings. The molecule has 0 spiro atoms. The van der Waals surface area contributed by atoms with Gasteiger partial charge in [0.25, 0.3) is 0 Å². The highest BCUT2D eigenvalue weighted by molar-refractivity contribution is 6.01. The highest BCUT2D eigenvalue weighted by Crippen LogP contribution is 2.71. The summed E-state index contributed by atoms with van der Waals surface area (Å²) in [6.07, 6.45) is 11.3. The number of hydrogen-bond acceptors (Lipinski definition) is 9. The fraction of sp³-hybridized carbons (Fsp3) is 0.787. The SMILES string of the molecule is C[C@@H]1CC2=CC(=O)CC[C@]2(C)C2CC[C@@]3(C)C(CC[C@@H]3OC(=O)CCCC(=O)OCC(O)[C@@]3(O)[C@@H](C)CC4C5CCC6=CC(=O)C=C[C@]6(C)[C@@]5(F)[C@@H](O)C[C@@]43C)C21. The minimum Gasteiger partial charge on any atom is -0.463 e. The molecule has 0 aliphatic heterocycles. The second kappa shape index (κ2) is 13.9. The largest absolute Gasteiger partial charge is 0.463 e. The van der Waals surface area contributed by atoms with E-state index < -0.39 is 58.7 Å². The predicted molar refractivity (Wildman–Crippen MR) is 210 cm³/mol. The van der Waals surface area contributed by atoms with Gasteiger partial charge in [0.15, 0.2) is 17.2 Å². The van der Waals surface area contributed by atoms with Crippen molar-refractivity contribution in [3.63, 3.8) is 0 Å². The number of esters is 2. The first-order chi connectivity index (χ1) is 26.7. The van der Waals surface area contributed by atoms with Gasteiger partial charge in [-0.2, -0.15) is 0 Å². The van der Waals surface area contributed by atoms with Crippen LogP contribution in [0.3, 0.4) is 0 Å². The van der Waals surface area contributed by atoms with Crippen molar-refractivity contribution in [2.75, 3.05) is 6.61 Å². The minimum absolute atomic E-state index is 0.0475. The second-order valence-corrected chi connectivity index (χ2v) is 20.9. The number of carbonyl (C=O) groups is 4. The van der Waals surface area contributed by atoms with Crippen LogP contribution in [0.25, 0.3) is 0 Å². The van der Waals surface area contributed by atoms with Crippen molar-refractivity contribution in [1.82, 2.24) is 0 Å². The fourth-order valence-corrected chi connectivity index (χ4v) is 15.3. The third-order valence-electron chi connectivity index (χ3n) is 18.5. The van der Waals surface area contributed by atoms with E-state index in [1.54, 1.807) is 13.0 Å². The van der Waals surface area contributed by atoms with Gasteiger partial charge in [-0.25, -0.2) is 4.39 Å². The standard InChI is InChI=1S/C47H65FO9/c1-26-20-29-23-30(49)14-17-42(29,3)34-16-18-43(4)33(41(26)34)12-13-38(43)57-40(54)9-7-8-39(53)56-25-37(52)47(55)27(2)21-35-32-11-10-28-22-31(50)15-19-44(28,5)46(32,48)36(51)24-45(35,47)6/h15,19,22-23,26-27,32-38,41,51-52,55H,7-14,16-18,20-21,24-25H2,1-6H3/t26-,27+,32?,33?,34?,35?,36+,37?,38+,41?,42+,43+,44+,45+,46+,47+/m1/s1. The number of ether oxygens (including phenoxy) is 2. The van der Waals surface area contributed by atoms with Gasteiger partial charge in [-0.15, -0.1) is 0 Å². The van der Waals surface area contributed by atoms with E-state index in [1.165, 1.54) is 17.7 Å². The van der Waals surface area contributed by atoms with Crippen molar-refractivity contribution in [2.24, 2.45) is 63.1 Å². The summed E-state index contributed by atoms with van der Waals surface area (Å²) in [5, 5.41) is 35.5. The lowest BCUT2D eigenvalue weighted by Gasteiger charge is -2.63. The summed E-state index contributed by atoms with van der Waals surface area (Å²) in [7, 11) is 0. The first-order valence-corrected chi connectivity index (χ1v) is 22.0. The lowest BCUT2D eigenvalue weighted by Crippen LogP contribution is -2.70. The molecule has 0 radical (unpaired) electrons. The number of alkyl halides is 1. The number of hydrogen-bond donors (Lipinski definition) is 3. The Labute approximate surface area is 337 Å². The zero-order chi connectivity index (χ0) is 41.1. The Balaban J connectivity index is 0.842. The molecule has 8 aliphatic rings. The van der Waals surface area contributed by atoms with Crippen LogP contribution in [0.1, 0.15) is 131 Å². The highest BCUT2D eigenvalue weighted by atomic mass is 19.1. The normalized spacial score (nSPS) is 48.9. The van der Waals surface area contributed by atoms with Gasteiger partial charge in [0, 0.05) is 41.4 Å². The Kier molecular flexibility index (Phi) is 10.0. The number of allylic oxidation sites excluding steroid dienone is 5. The molecule has 0 amide bonds. The summed E-state index contributed by atoms with van der Waals surface area (Å²) in [6.45, 7) is 11.9. The first-order valence-electron chi connectivity index (χ1n) is 22.0. The molecular formula is C47H65FO9. The van der Waals surface area contributed by atoms with Gasteiger partial charge in [0.05, 0.1) is 6.10 Å². The molecule has 0 saturated heterocycles. The summed E-state index contributed by atoms with van der Waals surface area (Å²) >= 11 is 0. The third-order valence-corrected chi connectivity index (χ3v) is 18.5. The van der Waals surface area contributed by atoms with Crippen molar-refractivity contribution < 1.29 is 48.4 Å². The molecule has 0 bridgehead atoms. The molecule has 6 unspecified atom stereocenters. The van der Waals surface area contributed by atoms with E-state index in [2.05, 4.69) is 20.8 Å². The Morgan fingerprint density at radius 3 is 2.40 bits per heavy atom. The van der Waals surface area contributed by atoms with E-state index in [0.717, 1.165) is 38.5 Å². The lowest BCUT2D eigenvalue weighted by molar-refractivity contribution is -0.244. The van der Waals surface area contributed by atoms with Gasteiger partial charge >= 0.3 is 11.9 Å². The van der Waals surface area contributed by atoms with Crippen molar-refractivity contribution in [1.29, 1.82) is 0 Å². The molecule has 0 heterocycles. The molecule has 10 heteroatoms. The molecule has 16 atom stereocenters. The number of ketones is 2. The Morgan fingerprint density at radius 1 is 0.912 bits per heavy atom. The molecule has 0 aromatic carbocycles. The maximum atomic E-state index is 17.5. The summed E-state index contributed by atoms with van der Waals surface area (Å²) in [6, 6.07) is 0. The first kappa shape index (κ1) is 41.1. The number of carbonyl (C=O) groups excluding carboxylic acids is 4. The van der Waals surface area contributed by atoms with E-state index >= 15 is 4.39 Å². The second-order valence-electron chi connectivity index (χ2n) is 20.9. The summed E-state index contributed by atoms with van der Waals surface area (Å²) in [5.41, 5.74) is -4.02. The van der Waals surface area contributed by atoms with Gasteiger partial charge in [-0.1, -0.05) is 51.8 Å². The topological polar surface area (TPSA) is 147 Å². The lowest BCUT2D eigenvalue weighted by atomic mass is 9.44. The van der Waals surface area contributed by atoms with Crippen LogP contribution >= 0.6 is 0 Å². The van der Waals surface area contributed by atoms with Gasteiger partial charge in [0.2, 0.25) is 0 Å². The van der Waals surface area contributed by atoms with Crippen LogP contribution in [-0.4, -0.2) is 75.0 Å². The van der Waals surface area contributed by atoms with E-state index in [1.807, 2.05) is 19.9 Å². The molecule has 314 valence electrons. The molecule has 8 rings (SSSR count). The smallest absolute Gasteiger partial charge is 0.306 e. The molecule has 8 aliphatic carbocycles. The van der Waals surface area contributed by atoms with E-state index in [-0.39, 0.29) is 66.1 Å². The third kappa shape index (κ3) is 5.82. The summed E-state index contributed by atoms with van der Waals surface area (Å²) < 4.78 is 29.2. The Hall–Kier alpha value is -2.69. The quantitative estimate of drug-likeness (QED) is 0.219. The number of rotatable bonds is 8. The van der Waals surface area contributed by atoms with Crippen LogP contribution in [0, 0.1) is 63.1 Å². The molecule has 0 aromatic rings. The van der Waals surface area contributed by atoms with E-state index in [9.17, 15) is 34.5 Å². The molecule has 6 saturated carbocycles. The zero-order valence-electron chi connectivity index (χ0n) is 34.9. The van der Waals surface area contributed by atoms with Crippen LogP contribution in [0.5, 0.6) is 0 Å². The highest BCUT2D eigenvalue weighted by Gasteiger charge is 2.75. The van der Waals surface area contributed by atoms with Crippen LogP contribution in [0.4, 0.5) is 4.39 Å². The Bertz CT molecular complexity index is 1800. The van der Waals surface area contributed by atoms with Crippen molar-refractivity contribution in [3.05, 3.63) is 35.5 Å². The van der Waals surface area contributed by atoms with Crippen molar-refractivity contribution >= 4 is 23.5 Å². The van der Waals surface area contributed by atoms with Gasteiger partial charge < -0.3 is 24.8 Å². The average molecular weight is 793 g/mol. The van der Waals surface area contributed by atoms with Gasteiger partial charge in [-0.3, -0.25) is 19.2 Å². The molecule has 3 N–H and O–H groups in total. The number of fused-ring (bicyclic) bond motifs is 10. The minimum atomic E-state index is -2.05. The molecule has 9 nitrogen and oxygen atoms in total. The summed E-state index contributed by atoms with van der Waals surface area (Å²) in [5.74, 6) is -0.258. The fourth-order valence-electron chi connectivity index (χ4n) is 15.3. The van der Waals surface area contributed by atoms with Gasteiger partial charge in [-0.05, 0) is 137 Å². The number of aliphatic hydroxyl groups is 3. The maximum absolute atomic E-state index is 17.5. The van der Waals surface area contributed by atoms with Crippen LogP contribution in [-0.2, 0) is 28.7 Å². The number of aliphatic hydroxyl groups excluding tert-OH is 2. The summed E-state index contributed by atoms with van der Waals surface area (Å²) in [4.78, 5) is 50.6. The Morgan fingerprint density at radius 2 is 1.65 bits per heavy atom. The van der Waals surface area contributed by atoms with Crippen LogP contribution < -0.4 is 0 Å². The molecule has 57 heavy (non-hydrogen) atoms. The van der Waals surface area contributed by atoms with Crippen LogP contribution in [0.15, 0.2) is 35.5 Å². The number of halogens is 1. The maximum Gasteiger partial charge on any atom is 0.306 e. The molecule has 0 aromatic heterocycles. The molecular weight excluding hydrogens is 728 g/mol. The monoisotopic (exact) mass is 792 g/mol. The zero-order valence-corrected chi connectivity index (χ0v) is 34.9. The van der Waals surface area contributed by atoms with Crippen molar-refractivity contribution in [2.45, 2.75) is 161 Å². The van der Waals surface area contributed by atoms with Crippen molar-refractivity contribution in [3.8, 4) is 0 Å². The predicted octanol–water partition coefficient (Wildman–Crippen LogP) is 7.10.